The number of amides is 1. The molecule has 1 aromatic heterocycles. The van der Waals surface area contributed by atoms with Crippen molar-refractivity contribution in [1.82, 2.24) is 4.98 Å². The maximum atomic E-state index is 12.2. The Morgan fingerprint density at radius 3 is 2.68 bits per heavy atom. The van der Waals surface area contributed by atoms with Gasteiger partial charge in [0.1, 0.15) is 0 Å². The molecule has 1 N–H and O–H groups in total. The van der Waals surface area contributed by atoms with Crippen LogP contribution in [0.15, 0.2) is 59.2 Å². The Bertz CT molecular complexity index is 817. The van der Waals surface area contributed by atoms with Crippen molar-refractivity contribution < 1.29 is 4.79 Å². The van der Waals surface area contributed by atoms with E-state index in [1.807, 2.05) is 36.4 Å². The van der Waals surface area contributed by atoms with Gasteiger partial charge in [-0.25, -0.2) is 4.98 Å². The third-order valence-corrected chi connectivity index (χ3v) is 4.65. The van der Waals surface area contributed by atoms with Gasteiger partial charge in [-0.05, 0) is 35.9 Å². The smallest absolute Gasteiger partial charge is 0.257 e. The van der Waals surface area contributed by atoms with Crippen LogP contribution in [-0.4, -0.2) is 10.9 Å². The minimum absolute atomic E-state index is 0.182. The van der Waals surface area contributed by atoms with E-state index in [1.165, 1.54) is 11.3 Å². The molecule has 0 atom stereocenters. The topological polar surface area (TPSA) is 42.0 Å². The molecule has 0 bridgehead atoms. The maximum absolute atomic E-state index is 12.2. The Hall–Kier alpha value is -1.69. The van der Waals surface area contributed by atoms with Crippen molar-refractivity contribution in [2.45, 2.75) is 0 Å². The number of carbonyl (C=O) groups is 1. The van der Waals surface area contributed by atoms with E-state index in [0.29, 0.717) is 15.7 Å². The van der Waals surface area contributed by atoms with Gasteiger partial charge in [0.05, 0.1) is 4.88 Å². The quantitative estimate of drug-likeness (QED) is 0.640. The fraction of sp³-hybridized carbons (Fsp3) is 0. The fourth-order valence-corrected chi connectivity index (χ4v) is 3.22. The summed E-state index contributed by atoms with van der Waals surface area (Å²) in [6.07, 6.45) is 1.74. The van der Waals surface area contributed by atoms with Crippen LogP contribution in [0.25, 0.3) is 10.4 Å². The minimum Gasteiger partial charge on any atom is -0.298 e. The molecule has 0 saturated heterocycles. The molecule has 0 aliphatic rings. The van der Waals surface area contributed by atoms with Gasteiger partial charge >= 0.3 is 0 Å². The highest BCUT2D eigenvalue weighted by atomic mass is 79.9. The zero-order chi connectivity index (χ0) is 15.5. The number of hydrogen-bond donors (Lipinski definition) is 1. The summed E-state index contributed by atoms with van der Waals surface area (Å²) < 4.78 is 0.862. The summed E-state index contributed by atoms with van der Waals surface area (Å²) in [6.45, 7) is 0. The number of hydrogen-bond acceptors (Lipinski definition) is 3. The average molecular weight is 394 g/mol. The average Bonchev–Trinajstić information content (AvgIpc) is 2.96. The summed E-state index contributed by atoms with van der Waals surface area (Å²) in [6, 6.07) is 14.7. The number of nitrogens with one attached hydrogen (secondary N) is 1. The summed E-state index contributed by atoms with van der Waals surface area (Å²) in [4.78, 5) is 17.4. The number of halogens is 2. The van der Waals surface area contributed by atoms with Gasteiger partial charge in [-0.15, -0.1) is 0 Å². The van der Waals surface area contributed by atoms with E-state index in [0.717, 1.165) is 14.9 Å². The van der Waals surface area contributed by atoms with Crippen molar-refractivity contribution in [3.05, 3.63) is 69.8 Å². The van der Waals surface area contributed by atoms with Crippen LogP contribution in [0.2, 0.25) is 5.02 Å². The van der Waals surface area contributed by atoms with Crippen LogP contribution < -0.4 is 5.32 Å². The molecule has 3 nitrogen and oxygen atoms in total. The molecule has 3 aromatic rings. The van der Waals surface area contributed by atoms with Gasteiger partial charge in [-0.1, -0.05) is 57.1 Å². The van der Waals surface area contributed by atoms with E-state index in [9.17, 15) is 4.79 Å². The highest BCUT2D eigenvalue weighted by Gasteiger charge is 2.10. The lowest BCUT2D eigenvalue weighted by Crippen LogP contribution is -2.11. The monoisotopic (exact) mass is 392 g/mol. The Morgan fingerprint density at radius 2 is 1.95 bits per heavy atom. The first kappa shape index (κ1) is 15.2. The van der Waals surface area contributed by atoms with Gasteiger partial charge in [-0.2, -0.15) is 0 Å². The van der Waals surface area contributed by atoms with Crippen LogP contribution in [0.4, 0.5) is 5.13 Å². The van der Waals surface area contributed by atoms with Gasteiger partial charge in [0.2, 0.25) is 0 Å². The number of carbonyl (C=O) groups excluding carboxylic acids is 1. The molecule has 0 aliphatic heterocycles. The highest BCUT2D eigenvalue weighted by Crippen LogP contribution is 2.30. The molecule has 0 spiro atoms. The van der Waals surface area contributed by atoms with E-state index >= 15 is 0 Å². The molecular formula is C16H10BrClN2OS. The van der Waals surface area contributed by atoms with Crippen molar-refractivity contribution in [3.63, 3.8) is 0 Å². The van der Waals surface area contributed by atoms with Crippen molar-refractivity contribution in [2.24, 2.45) is 0 Å². The predicted octanol–water partition coefficient (Wildman–Crippen LogP) is 5.48. The first-order valence-corrected chi connectivity index (χ1v) is 8.39. The van der Waals surface area contributed by atoms with Crippen molar-refractivity contribution in [2.75, 3.05) is 5.32 Å². The van der Waals surface area contributed by atoms with Crippen LogP contribution in [0.3, 0.4) is 0 Å². The summed E-state index contributed by atoms with van der Waals surface area (Å²) in [5.74, 6) is -0.182. The molecule has 110 valence electrons. The lowest BCUT2D eigenvalue weighted by Gasteiger charge is -2.01. The molecule has 2 aromatic carbocycles. The van der Waals surface area contributed by atoms with Gasteiger partial charge in [0, 0.05) is 21.3 Å². The first-order chi connectivity index (χ1) is 10.6. The van der Waals surface area contributed by atoms with Gasteiger partial charge < -0.3 is 0 Å². The predicted molar refractivity (Wildman–Crippen MR) is 94.7 cm³/mol. The number of aromatic nitrogens is 1. The van der Waals surface area contributed by atoms with Crippen LogP contribution in [0, 0.1) is 0 Å². The molecule has 0 unspecified atom stereocenters. The Morgan fingerprint density at radius 1 is 1.18 bits per heavy atom. The Labute approximate surface area is 145 Å². The molecule has 0 fully saturated rings. The second kappa shape index (κ2) is 6.60. The minimum atomic E-state index is -0.182. The highest BCUT2D eigenvalue weighted by molar-refractivity contribution is 9.10. The van der Waals surface area contributed by atoms with Crippen molar-refractivity contribution >= 4 is 49.9 Å². The van der Waals surface area contributed by atoms with E-state index in [1.54, 1.807) is 18.3 Å². The normalized spacial score (nSPS) is 10.5. The summed E-state index contributed by atoms with van der Waals surface area (Å²) in [7, 11) is 0. The van der Waals surface area contributed by atoms with Crippen LogP contribution >= 0.6 is 38.9 Å². The van der Waals surface area contributed by atoms with Crippen LogP contribution in [0.1, 0.15) is 10.4 Å². The lowest BCUT2D eigenvalue weighted by molar-refractivity contribution is 0.102. The molecule has 0 radical (unpaired) electrons. The second-order valence-corrected chi connectivity index (χ2v) is 6.88. The van der Waals surface area contributed by atoms with E-state index in [4.69, 9.17) is 11.6 Å². The molecule has 6 heteroatoms. The van der Waals surface area contributed by atoms with Gasteiger partial charge in [0.15, 0.2) is 5.13 Å². The van der Waals surface area contributed by atoms with Gasteiger partial charge in [-0.3, -0.25) is 10.1 Å². The third kappa shape index (κ3) is 3.55. The maximum Gasteiger partial charge on any atom is 0.257 e. The molecule has 0 saturated carbocycles. The molecule has 1 amide bonds. The molecule has 0 aliphatic carbocycles. The first-order valence-electron chi connectivity index (χ1n) is 6.40. The fourth-order valence-electron chi connectivity index (χ4n) is 1.88. The summed E-state index contributed by atoms with van der Waals surface area (Å²) >= 11 is 10.7. The van der Waals surface area contributed by atoms with E-state index in [2.05, 4.69) is 26.2 Å². The van der Waals surface area contributed by atoms with Crippen molar-refractivity contribution in [3.8, 4) is 10.4 Å². The SMILES string of the molecule is O=C(Nc1ncc(-c2ccc(Cl)cc2)s1)c1cccc(Br)c1. The Kier molecular flexibility index (Phi) is 4.57. The number of nitrogens with zero attached hydrogens (tertiary/aromatic N) is 1. The molecule has 3 rings (SSSR count). The Balaban J connectivity index is 1.77. The van der Waals surface area contributed by atoms with E-state index < -0.39 is 0 Å². The third-order valence-electron chi connectivity index (χ3n) is 2.94. The van der Waals surface area contributed by atoms with Crippen molar-refractivity contribution in [1.29, 1.82) is 0 Å². The lowest BCUT2D eigenvalue weighted by atomic mass is 10.2. The zero-order valence-corrected chi connectivity index (χ0v) is 14.4. The zero-order valence-electron chi connectivity index (χ0n) is 11.2. The van der Waals surface area contributed by atoms with Gasteiger partial charge in [0.25, 0.3) is 5.91 Å². The van der Waals surface area contributed by atoms with E-state index in [-0.39, 0.29) is 5.91 Å². The molecular weight excluding hydrogens is 384 g/mol. The standard InChI is InChI=1S/C16H10BrClN2OS/c17-12-3-1-2-11(8-12)15(21)20-16-19-9-14(22-16)10-4-6-13(18)7-5-10/h1-9H,(H,19,20,21). The summed E-state index contributed by atoms with van der Waals surface area (Å²) in [5.41, 5.74) is 1.60. The van der Waals surface area contributed by atoms with Crippen LogP contribution in [-0.2, 0) is 0 Å². The second-order valence-electron chi connectivity index (χ2n) is 4.50. The van der Waals surface area contributed by atoms with Crippen LogP contribution in [0.5, 0.6) is 0 Å². The number of anilines is 1. The molecule has 1 heterocycles. The summed E-state index contributed by atoms with van der Waals surface area (Å²) in [5, 5.41) is 4.06. The number of benzene rings is 2. The number of rotatable bonds is 3. The largest absolute Gasteiger partial charge is 0.298 e. The molecule has 22 heavy (non-hydrogen) atoms. The number of thiazole rings is 1.